The van der Waals surface area contributed by atoms with Crippen LogP contribution < -0.4 is 22.4 Å². The molecule has 0 aliphatic heterocycles. The molecule has 7 heteroatoms. The Morgan fingerprint density at radius 1 is 1.00 bits per heavy atom. The van der Waals surface area contributed by atoms with E-state index in [9.17, 15) is 4.79 Å². The van der Waals surface area contributed by atoms with E-state index < -0.39 is 0 Å². The van der Waals surface area contributed by atoms with Crippen molar-refractivity contribution in [2.45, 2.75) is 51.0 Å². The molecular weight excluding hydrogens is 490 g/mol. The third-order valence-electron chi connectivity index (χ3n) is 8.03. The SMILES string of the molecule is Cc1c(-c2ccccc2)cc2ccc(Br)cc2c1C(=O)NC12CCC(/C(N)=N/NN)(CC1)CC2. The quantitative estimate of drug-likeness (QED) is 0.162. The summed E-state index contributed by atoms with van der Waals surface area (Å²) in [7, 11) is 0. The van der Waals surface area contributed by atoms with Crippen LogP contribution in [0.15, 0.2) is 64.2 Å². The Hall–Kier alpha value is -2.90. The Labute approximate surface area is 208 Å². The van der Waals surface area contributed by atoms with E-state index in [1.165, 1.54) is 0 Å². The highest BCUT2D eigenvalue weighted by Crippen LogP contribution is 2.52. The van der Waals surface area contributed by atoms with E-state index in [2.05, 4.69) is 63.1 Å². The van der Waals surface area contributed by atoms with Gasteiger partial charge in [-0.3, -0.25) is 4.79 Å². The first-order valence-corrected chi connectivity index (χ1v) is 12.6. The van der Waals surface area contributed by atoms with Gasteiger partial charge in [0.05, 0.1) is 5.56 Å². The molecule has 3 aliphatic rings. The summed E-state index contributed by atoms with van der Waals surface area (Å²) in [6, 6.07) is 18.6. The lowest BCUT2D eigenvalue weighted by molar-refractivity contribution is 0.0562. The molecule has 6 rings (SSSR count). The Morgan fingerprint density at radius 2 is 1.68 bits per heavy atom. The molecule has 176 valence electrons. The normalized spacial score (nSPS) is 24.3. The summed E-state index contributed by atoms with van der Waals surface area (Å²) in [5.74, 6) is 5.94. The van der Waals surface area contributed by atoms with Crippen molar-refractivity contribution in [2.75, 3.05) is 0 Å². The predicted octanol–water partition coefficient (Wildman–Crippen LogP) is 5.14. The van der Waals surface area contributed by atoms with Gasteiger partial charge in [0.15, 0.2) is 0 Å². The average Bonchev–Trinajstić information content (AvgIpc) is 2.85. The minimum atomic E-state index is -0.206. The van der Waals surface area contributed by atoms with Gasteiger partial charge in [-0.2, -0.15) is 5.10 Å². The predicted molar refractivity (Wildman–Crippen MR) is 141 cm³/mol. The first-order chi connectivity index (χ1) is 16.4. The molecule has 0 aromatic heterocycles. The minimum absolute atomic E-state index is 0.00181. The molecule has 3 aromatic carbocycles. The number of nitrogens with one attached hydrogen (secondary N) is 2. The average molecular weight is 520 g/mol. The van der Waals surface area contributed by atoms with Crippen LogP contribution in [-0.2, 0) is 0 Å². The summed E-state index contributed by atoms with van der Waals surface area (Å²) >= 11 is 3.60. The summed E-state index contributed by atoms with van der Waals surface area (Å²) in [5, 5.41) is 9.57. The highest BCUT2D eigenvalue weighted by molar-refractivity contribution is 9.10. The molecule has 0 saturated heterocycles. The zero-order valence-corrected chi connectivity index (χ0v) is 20.9. The number of hydrazine groups is 1. The summed E-state index contributed by atoms with van der Waals surface area (Å²) in [6.07, 6.45) is 5.37. The molecule has 2 bridgehead atoms. The number of fused-ring (bicyclic) bond motifs is 4. The van der Waals surface area contributed by atoms with Gasteiger partial charge < -0.3 is 11.1 Å². The van der Waals surface area contributed by atoms with Gasteiger partial charge in [0.1, 0.15) is 5.84 Å². The van der Waals surface area contributed by atoms with Gasteiger partial charge >= 0.3 is 0 Å². The second kappa shape index (κ2) is 8.71. The van der Waals surface area contributed by atoms with E-state index in [4.69, 9.17) is 11.6 Å². The number of carbonyl (C=O) groups excluding carboxylic acids is 1. The Bertz CT molecular complexity index is 1260. The summed E-state index contributed by atoms with van der Waals surface area (Å²) in [5.41, 5.74) is 12.2. The summed E-state index contributed by atoms with van der Waals surface area (Å²) in [6.45, 7) is 2.05. The smallest absolute Gasteiger partial charge is 0.252 e. The number of nitrogens with zero attached hydrogens (tertiary/aromatic N) is 1. The molecule has 34 heavy (non-hydrogen) atoms. The van der Waals surface area contributed by atoms with Crippen LogP contribution in [0.25, 0.3) is 21.9 Å². The molecule has 0 unspecified atom stereocenters. The van der Waals surface area contributed by atoms with Gasteiger partial charge in [0.2, 0.25) is 0 Å². The van der Waals surface area contributed by atoms with Crippen molar-refractivity contribution < 1.29 is 4.79 Å². The maximum absolute atomic E-state index is 13.9. The van der Waals surface area contributed by atoms with Crippen LogP contribution in [0, 0.1) is 12.3 Å². The number of hydrogen-bond acceptors (Lipinski definition) is 4. The topological polar surface area (TPSA) is 106 Å². The van der Waals surface area contributed by atoms with Crippen molar-refractivity contribution in [3.05, 3.63) is 70.2 Å². The molecule has 0 atom stereocenters. The fourth-order valence-corrected chi connectivity index (χ4v) is 6.29. The van der Waals surface area contributed by atoms with Crippen LogP contribution in [0.4, 0.5) is 0 Å². The van der Waals surface area contributed by atoms with Gasteiger partial charge in [-0.15, -0.1) is 0 Å². The molecule has 6 nitrogen and oxygen atoms in total. The van der Waals surface area contributed by atoms with Gasteiger partial charge in [0, 0.05) is 15.4 Å². The van der Waals surface area contributed by atoms with E-state index in [1.54, 1.807) is 0 Å². The fourth-order valence-electron chi connectivity index (χ4n) is 5.93. The summed E-state index contributed by atoms with van der Waals surface area (Å²) < 4.78 is 0.961. The monoisotopic (exact) mass is 519 g/mol. The van der Waals surface area contributed by atoms with Crippen molar-refractivity contribution in [1.29, 1.82) is 0 Å². The maximum Gasteiger partial charge on any atom is 0.252 e. The lowest BCUT2D eigenvalue weighted by Crippen LogP contribution is -2.59. The van der Waals surface area contributed by atoms with E-state index in [0.717, 1.165) is 76.0 Å². The number of amidine groups is 1. The van der Waals surface area contributed by atoms with Gasteiger partial charge in [0.25, 0.3) is 5.91 Å². The molecule has 1 amide bonds. The minimum Gasteiger partial charge on any atom is -0.385 e. The molecule has 3 fully saturated rings. The molecule has 0 radical (unpaired) electrons. The molecule has 3 aliphatic carbocycles. The van der Waals surface area contributed by atoms with E-state index in [1.807, 2.05) is 30.3 Å². The molecule has 0 spiro atoms. The van der Waals surface area contributed by atoms with E-state index in [0.29, 0.717) is 5.84 Å². The number of hydrazone groups is 1. The lowest BCUT2D eigenvalue weighted by atomic mass is 9.56. The third kappa shape index (κ3) is 3.87. The van der Waals surface area contributed by atoms with Crippen molar-refractivity contribution in [3.63, 3.8) is 0 Å². The number of amides is 1. The van der Waals surface area contributed by atoms with Gasteiger partial charge in [-0.05, 0) is 91.1 Å². The van der Waals surface area contributed by atoms with Crippen molar-refractivity contribution in [1.82, 2.24) is 10.9 Å². The van der Waals surface area contributed by atoms with Crippen LogP contribution in [0.1, 0.15) is 54.4 Å². The first-order valence-electron chi connectivity index (χ1n) is 11.8. The number of hydrogen-bond donors (Lipinski definition) is 4. The van der Waals surface area contributed by atoms with Crippen LogP contribution >= 0.6 is 15.9 Å². The summed E-state index contributed by atoms with van der Waals surface area (Å²) in [4.78, 5) is 13.9. The van der Waals surface area contributed by atoms with Crippen LogP contribution in [-0.4, -0.2) is 17.3 Å². The van der Waals surface area contributed by atoms with E-state index in [-0.39, 0.29) is 16.9 Å². The number of halogens is 1. The van der Waals surface area contributed by atoms with Crippen molar-refractivity contribution in [3.8, 4) is 11.1 Å². The van der Waals surface area contributed by atoms with E-state index >= 15 is 0 Å². The van der Waals surface area contributed by atoms with Gasteiger partial charge in [-0.25, -0.2) is 11.4 Å². The molecule has 3 saturated carbocycles. The third-order valence-corrected chi connectivity index (χ3v) is 8.52. The lowest BCUT2D eigenvalue weighted by Gasteiger charge is -2.53. The fraction of sp³-hybridized carbons (Fsp3) is 0.333. The van der Waals surface area contributed by atoms with Crippen molar-refractivity contribution in [2.24, 2.45) is 22.1 Å². The molecule has 3 aromatic rings. The Morgan fingerprint density at radius 3 is 2.32 bits per heavy atom. The van der Waals surface area contributed by atoms with Crippen LogP contribution in [0.3, 0.4) is 0 Å². The second-order valence-corrected chi connectivity index (χ2v) is 10.7. The van der Waals surface area contributed by atoms with Gasteiger partial charge in [-0.1, -0.05) is 52.3 Å². The Balaban J connectivity index is 1.51. The standard InChI is InChI=1S/C27H30BrN5O/c1-17-21(18-5-3-2-4-6-18)15-19-7-8-20(28)16-22(19)23(17)24(34)31-27-12-9-26(10-13-27,11-14-27)25(29)32-33-30/h2-8,15-16,33H,9-14,30H2,1H3,(H2,29,32)(H,31,34). The molecule has 0 heterocycles. The number of benzene rings is 3. The Kier molecular flexibility index (Phi) is 5.86. The van der Waals surface area contributed by atoms with Crippen LogP contribution in [0.2, 0.25) is 0 Å². The largest absolute Gasteiger partial charge is 0.385 e. The zero-order valence-electron chi connectivity index (χ0n) is 19.3. The zero-order chi connectivity index (χ0) is 23.9. The number of carbonyl (C=O) groups is 1. The number of nitrogens with two attached hydrogens (primary N) is 2. The highest BCUT2D eigenvalue weighted by atomic mass is 79.9. The molecular formula is C27H30BrN5O. The van der Waals surface area contributed by atoms with Crippen molar-refractivity contribution >= 4 is 38.4 Å². The number of rotatable bonds is 5. The van der Waals surface area contributed by atoms with Crippen LogP contribution in [0.5, 0.6) is 0 Å². The first kappa shape index (κ1) is 22.9. The highest BCUT2D eigenvalue weighted by Gasteiger charge is 2.51. The second-order valence-electron chi connectivity index (χ2n) is 9.80. The molecule has 6 N–H and O–H groups in total. The maximum atomic E-state index is 13.9.